The van der Waals surface area contributed by atoms with Gasteiger partial charge >= 0.3 is 5.97 Å². The molecule has 34 heavy (non-hydrogen) atoms. The SMILES string of the molecule is C=C(N=C(ON)c1ccc(OC(C)C)c(Cl)c1)c1cccc2c(CN[C@H](C)C(=O)OC)c[nH]c12. The molecule has 0 bridgehead atoms. The zero-order valence-electron chi connectivity index (χ0n) is 19.6. The molecule has 0 fully saturated rings. The zero-order valence-corrected chi connectivity index (χ0v) is 20.4. The number of carbonyl (C=O) groups excluding carboxylic acids is 1. The Morgan fingerprint density at radius 3 is 2.68 bits per heavy atom. The highest BCUT2D eigenvalue weighted by Crippen LogP contribution is 2.29. The summed E-state index contributed by atoms with van der Waals surface area (Å²) in [5.74, 6) is 5.93. The van der Waals surface area contributed by atoms with Crippen molar-refractivity contribution in [3.05, 3.63) is 70.9 Å². The molecular weight excluding hydrogens is 456 g/mol. The van der Waals surface area contributed by atoms with Gasteiger partial charge in [-0.05, 0) is 44.5 Å². The molecule has 0 radical (unpaired) electrons. The summed E-state index contributed by atoms with van der Waals surface area (Å²) in [5.41, 5.74) is 3.67. The van der Waals surface area contributed by atoms with E-state index in [0.717, 1.165) is 22.0 Å². The lowest BCUT2D eigenvalue weighted by Gasteiger charge is -2.13. The predicted octanol–water partition coefficient (Wildman–Crippen LogP) is 4.57. The number of para-hydroxylation sites is 1. The first-order chi connectivity index (χ1) is 16.2. The molecule has 3 rings (SSSR count). The third-order valence-corrected chi connectivity index (χ3v) is 5.45. The summed E-state index contributed by atoms with van der Waals surface area (Å²) in [6, 6.07) is 10.6. The van der Waals surface area contributed by atoms with Crippen LogP contribution in [0.4, 0.5) is 0 Å². The Kier molecular flexibility index (Phi) is 8.33. The second-order valence-electron chi connectivity index (χ2n) is 7.96. The molecule has 9 heteroatoms. The van der Waals surface area contributed by atoms with Gasteiger partial charge in [0.2, 0.25) is 5.90 Å². The molecule has 0 unspecified atom stereocenters. The number of aromatic amines is 1. The van der Waals surface area contributed by atoms with Crippen LogP contribution in [0.25, 0.3) is 16.6 Å². The second-order valence-corrected chi connectivity index (χ2v) is 8.37. The molecule has 0 aliphatic heterocycles. The number of nitrogens with two attached hydrogens (primary N) is 1. The molecule has 0 aliphatic rings. The molecule has 1 aromatic heterocycles. The van der Waals surface area contributed by atoms with Crippen LogP contribution in [-0.4, -0.2) is 36.1 Å². The van der Waals surface area contributed by atoms with Crippen LogP contribution in [0.15, 0.2) is 54.2 Å². The summed E-state index contributed by atoms with van der Waals surface area (Å²) >= 11 is 6.35. The third kappa shape index (κ3) is 5.77. The summed E-state index contributed by atoms with van der Waals surface area (Å²) in [5, 5.41) is 4.56. The highest BCUT2D eigenvalue weighted by molar-refractivity contribution is 6.32. The Morgan fingerprint density at radius 2 is 2.03 bits per heavy atom. The number of carbonyl (C=O) groups is 1. The molecule has 0 aliphatic carbocycles. The molecule has 4 N–H and O–H groups in total. The number of esters is 1. The maximum atomic E-state index is 11.7. The Labute approximate surface area is 203 Å². The summed E-state index contributed by atoms with van der Waals surface area (Å²) in [6.07, 6.45) is 1.88. The lowest BCUT2D eigenvalue weighted by molar-refractivity contribution is -0.142. The van der Waals surface area contributed by atoms with Crippen LogP contribution in [0.1, 0.15) is 37.5 Å². The fraction of sp³-hybridized carbons (Fsp3) is 0.280. The van der Waals surface area contributed by atoms with Crippen molar-refractivity contribution < 1.29 is 19.1 Å². The van der Waals surface area contributed by atoms with Gasteiger partial charge < -0.3 is 24.6 Å². The lowest BCUT2D eigenvalue weighted by atomic mass is 10.1. The number of nitrogens with zero attached hydrogens (tertiary/aromatic N) is 1. The van der Waals surface area contributed by atoms with Gasteiger partial charge in [0.1, 0.15) is 11.8 Å². The molecule has 180 valence electrons. The van der Waals surface area contributed by atoms with E-state index in [4.69, 9.17) is 31.8 Å². The summed E-state index contributed by atoms with van der Waals surface area (Å²) in [7, 11) is 1.37. The number of ether oxygens (including phenoxy) is 2. The molecule has 0 saturated carbocycles. The van der Waals surface area contributed by atoms with Crippen LogP contribution in [0.3, 0.4) is 0 Å². The van der Waals surface area contributed by atoms with E-state index in [0.29, 0.717) is 28.6 Å². The molecule has 0 saturated heterocycles. The van der Waals surface area contributed by atoms with E-state index < -0.39 is 6.04 Å². The van der Waals surface area contributed by atoms with Gasteiger partial charge in [0.15, 0.2) is 0 Å². The van der Waals surface area contributed by atoms with Crippen LogP contribution < -0.4 is 16.0 Å². The van der Waals surface area contributed by atoms with E-state index in [1.807, 2.05) is 38.2 Å². The van der Waals surface area contributed by atoms with Gasteiger partial charge in [-0.3, -0.25) is 4.79 Å². The number of fused-ring (bicyclic) bond motifs is 1. The summed E-state index contributed by atoms with van der Waals surface area (Å²) < 4.78 is 10.4. The monoisotopic (exact) mass is 484 g/mol. The number of hydrogen-bond donors (Lipinski definition) is 3. The number of halogens is 1. The largest absolute Gasteiger partial charge is 0.489 e. The Hall–Kier alpha value is -3.33. The van der Waals surface area contributed by atoms with Crippen LogP contribution in [0.5, 0.6) is 5.75 Å². The molecular formula is C25H29ClN4O4. The molecule has 1 heterocycles. The Morgan fingerprint density at radius 1 is 1.26 bits per heavy atom. The van der Waals surface area contributed by atoms with Crippen molar-refractivity contribution in [3.63, 3.8) is 0 Å². The van der Waals surface area contributed by atoms with Gasteiger partial charge in [0, 0.05) is 29.3 Å². The highest BCUT2D eigenvalue weighted by Gasteiger charge is 2.16. The number of rotatable bonds is 9. The van der Waals surface area contributed by atoms with Crippen LogP contribution in [0.2, 0.25) is 5.02 Å². The van der Waals surface area contributed by atoms with Gasteiger partial charge in [-0.1, -0.05) is 36.4 Å². The Balaban J connectivity index is 1.86. The van der Waals surface area contributed by atoms with E-state index in [9.17, 15) is 4.79 Å². The highest BCUT2D eigenvalue weighted by atomic mass is 35.5. The first kappa shape index (κ1) is 25.3. The van der Waals surface area contributed by atoms with Crippen molar-refractivity contribution in [1.29, 1.82) is 0 Å². The fourth-order valence-electron chi connectivity index (χ4n) is 3.45. The number of benzene rings is 2. The number of H-pyrrole nitrogens is 1. The topological polar surface area (TPSA) is 111 Å². The molecule has 2 aromatic carbocycles. The van der Waals surface area contributed by atoms with Gasteiger partial charge in [0.05, 0.1) is 29.5 Å². The quantitative estimate of drug-likeness (QED) is 0.177. The minimum Gasteiger partial charge on any atom is -0.489 e. The summed E-state index contributed by atoms with van der Waals surface area (Å²) in [4.78, 5) is 24.5. The number of aliphatic imine (C=N–C) groups is 1. The van der Waals surface area contributed by atoms with E-state index >= 15 is 0 Å². The van der Waals surface area contributed by atoms with Crippen LogP contribution >= 0.6 is 11.6 Å². The van der Waals surface area contributed by atoms with Crippen LogP contribution in [-0.2, 0) is 20.9 Å². The smallest absolute Gasteiger partial charge is 0.322 e. The zero-order chi connectivity index (χ0) is 24.8. The molecule has 1 atom stereocenters. The lowest BCUT2D eigenvalue weighted by Crippen LogP contribution is -2.34. The number of methoxy groups -OCH3 is 1. The maximum absolute atomic E-state index is 11.7. The van der Waals surface area contributed by atoms with E-state index in [1.54, 1.807) is 25.1 Å². The first-order valence-electron chi connectivity index (χ1n) is 10.8. The number of hydrogen-bond acceptors (Lipinski definition) is 7. The van der Waals surface area contributed by atoms with Crippen molar-refractivity contribution in [2.24, 2.45) is 10.9 Å². The average molecular weight is 485 g/mol. The predicted molar refractivity (Wildman–Crippen MR) is 135 cm³/mol. The molecule has 3 aromatic rings. The van der Waals surface area contributed by atoms with Crippen molar-refractivity contribution in [3.8, 4) is 5.75 Å². The van der Waals surface area contributed by atoms with E-state index in [2.05, 4.69) is 21.9 Å². The summed E-state index contributed by atoms with van der Waals surface area (Å²) in [6.45, 7) is 10.2. The maximum Gasteiger partial charge on any atom is 0.322 e. The third-order valence-electron chi connectivity index (χ3n) is 5.16. The normalized spacial score (nSPS) is 12.6. The first-order valence-corrected chi connectivity index (χ1v) is 11.1. The Bertz CT molecular complexity index is 1220. The van der Waals surface area contributed by atoms with Gasteiger partial charge in [-0.2, -0.15) is 5.90 Å². The average Bonchev–Trinajstić information content (AvgIpc) is 3.24. The van der Waals surface area contributed by atoms with Crippen molar-refractivity contribution >= 4 is 40.1 Å². The van der Waals surface area contributed by atoms with Gasteiger partial charge in [-0.15, -0.1) is 0 Å². The van der Waals surface area contributed by atoms with Crippen molar-refractivity contribution in [2.75, 3.05) is 7.11 Å². The second kappa shape index (κ2) is 11.2. The van der Waals surface area contributed by atoms with Crippen molar-refractivity contribution in [1.82, 2.24) is 10.3 Å². The van der Waals surface area contributed by atoms with Crippen molar-refractivity contribution in [2.45, 2.75) is 39.5 Å². The number of aromatic nitrogens is 1. The molecule has 8 nitrogen and oxygen atoms in total. The molecule has 0 amide bonds. The molecule has 0 spiro atoms. The minimum absolute atomic E-state index is 0.00734. The van der Waals surface area contributed by atoms with E-state index in [-0.39, 0.29) is 18.0 Å². The minimum atomic E-state index is -0.425. The van der Waals surface area contributed by atoms with E-state index in [1.165, 1.54) is 7.11 Å². The van der Waals surface area contributed by atoms with Crippen LogP contribution in [0, 0.1) is 0 Å². The van der Waals surface area contributed by atoms with Gasteiger partial charge in [0.25, 0.3) is 0 Å². The standard InChI is InChI=1S/C25H29ClN4O4/c1-14(2)33-22-10-9-17(11-21(22)26)24(34-27)30-15(3)19-7-6-8-20-18(13-29-23(19)20)12-28-16(4)25(31)32-5/h6-11,13-14,16,28-29H,3,12,27H2,1-2,4-5H3/t16-/m1/s1. The fourth-order valence-corrected chi connectivity index (χ4v) is 3.67. The number of nitrogens with one attached hydrogen (secondary N) is 2. The van der Waals surface area contributed by atoms with Gasteiger partial charge in [-0.25, -0.2) is 4.99 Å².